The van der Waals surface area contributed by atoms with Gasteiger partial charge >= 0.3 is 5.97 Å². The fraction of sp³-hybridized carbons (Fsp3) is 0.750. The highest BCUT2D eigenvalue weighted by atomic mass is 16.5. The summed E-state index contributed by atoms with van der Waals surface area (Å²) in [6.07, 6.45) is 13.6. The number of carbonyl (C=O) groups excluding carboxylic acids is 1. The quantitative estimate of drug-likeness (QED) is 0.107. The largest absolute Gasteiger partial charge is 0.487 e. The summed E-state index contributed by atoms with van der Waals surface area (Å²) in [6.45, 7) is 17.6. The number of fused-ring (bicyclic) bond motifs is 1. The lowest BCUT2D eigenvalue weighted by atomic mass is 9.83. The number of hydrogen-bond donors (Lipinski definition) is 2. The lowest BCUT2D eigenvalue weighted by molar-refractivity contribution is -0.132. The molecule has 4 N–H and O–H groups in total. The van der Waals surface area contributed by atoms with Crippen LogP contribution in [0.5, 0.6) is 11.5 Å². The molecule has 1 aromatic carbocycles. The van der Waals surface area contributed by atoms with Crippen molar-refractivity contribution < 1.29 is 14.3 Å². The van der Waals surface area contributed by atoms with E-state index in [-0.39, 0.29) is 18.1 Å². The molecule has 6 nitrogen and oxygen atoms in total. The maximum absolute atomic E-state index is 12.3. The number of guanidine groups is 1. The first-order chi connectivity index (χ1) is 17.8. The minimum atomic E-state index is -0.472. The van der Waals surface area contributed by atoms with Crippen LogP contribution in [0.4, 0.5) is 0 Å². The summed E-state index contributed by atoms with van der Waals surface area (Å²) in [6, 6.07) is 0. The molecule has 0 amide bonds. The van der Waals surface area contributed by atoms with Gasteiger partial charge in [-0.3, -0.25) is 0 Å². The summed E-state index contributed by atoms with van der Waals surface area (Å²) >= 11 is 0. The maximum atomic E-state index is 12.3. The third-order valence-corrected chi connectivity index (χ3v) is 8.44. The molecular weight excluding hydrogens is 474 g/mol. The van der Waals surface area contributed by atoms with E-state index >= 15 is 0 Å². The first-order valence-electron chi connectivity index (χ1n) is 14.9. The standard InChI is InChI=1S/C32H55N3O3/c1-21(2)12-9-13-22(3)14-10-15-23(4)16-11-18-32(8)19-17-27-26(7)29(24(5)25(6)30(27)38-32)37-28(36)20-35-31(33)34/h21-23H,9-20H2,1-8H3,(H4,33,34,35). The van der Waals surface area contributed by atoms with E-state index in [9.17, 15) is 4.79 Å². The van der Waals surface area contributed by atoms with Gasteiger partial charge in [-0.15, -0.1) is 0 Å². The van der Waals surface area contributed by atoms with Crippen LogP contribution in [0.3, 0.4) is 0 Å². The first-order valence-corrected chi connectivity index (χ1v) is 14.9. The molecular formula is C32H55N3O3. The van der Waals surface area contributed by atoms with Crippen LogP contribution in [0.15, 0.2) is 4.99 Å². The zero-order chi connectivity index (χ0) is 28.5. The lowest BCUT2D eigenvalue weighted by Crippen LogP contribution is -2.37. The Morgan fingerprint density at radius 2 is 1.50 bits per heavy atom. The molecule has 6 heteroatoms. The van der Waals surface area contributed by atoms with E-state index in [1.54, 1.807) is 0 Å². The molecule has 1 aliphatic rings. The maximum Gasteiger partial charge on any atom is 0.333 e. The highest BCUT2D eigenvalue weighted by molar-refractivity contribution is 5.81. The number of ether oxygens (including phenoxy) is 2. The number of hydrogen-bond acceptors (Lipinski definition) is 4. The minimum absolute atomic E-state index is 0.124. The highest BCUT2D eigenvalue weighted by Crippen LogP contribution is 2.45. The monoisotopic (exact) mass is 529 g/mol. The van der Waals surface area contributed by atoms with E-state index < -0.39 is 5.97 Å². The number of esters is 1. The van der Waals surface area contributed by atoms with Crippen LogP contribution < -0.4 is 20.9 Å². The molecule has 0 spiro atoms. The van der Waals surface area contributed by atoms with Crippen LogP contribution in [-0.2, 0) is 11.2 Å². The molecule has 0 radical (unpaired) electrons. The third-order valence-electron chi connectivity index (χ3n) is 8.44. The van der Waals surface area contributed by atoms with Crippen molar-refractivity contribution in [3.63, 3.8) is 0 Å². The molecule has 0 saturated carbocycles. The van der Waals surface area contributed by atoms with Gasteiger partial charge in [0.15, 0.2) is 5.96 Å². The van der Waals surface area contributed by atoms with E-state index in [1.165, 1.54) is 51.4 Å². The summed E-state index contributed by atoms with van der Waals surface area (Å²) in [5.74, 6) is 3.42. The summed E-state index contributed by atoms with van der Waals surface area (Å²) in [4.78, 5) is 16.0. The molecule has 0 bridgehead atoms. The zero-order valence-corrected chi connectivity index (χ0v) is 25.5. The van der Waals surface area contributed by atoms with E-state index in [2.05, 4.69) is 46.5 Å². The number of nitrogens with zero attached hydrogens (tertiary/aromatic N) is 1. The molecule has 38 heavy (non-hydrogen) atoms. The van der Waals surface area contributed by atoms with Gasteiger partial charge in [0.2, 0.25) is 0 Å². The highest BCUT2D eigenvalue weighted by Gasteiger charge is 2.34. The molecule has 3 unspecified atom stereocenters. The van der Waals surface area contributed by atoms with Gasteiger partial charge in [0.05, 0.1) is 0 Å². The van der Waals surface area contributed by atoms with Crippen molar-refractivity contribution >= 4 is 11.9 Å². The SMILES string of the molecule is Cc1c(C)c2c(c(C)c1OC(=O)CN=C(N)N)CCC(C)(CCCC(C)CCCC(C)CCCC(C)C)O2. The third kappa shape index (κ3) is 9.81. The Hall–Kier alpha value is -2.24. The Balaban J connectivity index is 1.88. The fourth-order valence-corrected chi connectivity index (χ4v) is 5.72. The minimum Gasteiger partial charge on any atom is -0.487 e. The molecule has 0 fully saturated rings. The number of benzene rings is 1. The topological polar surface area (TPSA) is 99.9 Å². The van der Waals surface area contributed by atoms with Gasteiger partial charge in [-0.1, -0.05) is 72.6 Å². The Morgan fingerprint density at radius 3 is 2.08 bits per heavy atom. The number of nitrogens with two attached hydrogens (primary N) is 2. The van der Waals surface area contributed by atoms with Crippen molar-refractivity contribution in [3.8, 4) is 11.5 Å². The normalized spacial score (nSPS) is 18.4. The fourth-order valence-electron chi connectivity index (χ4n) is 5.72. The molecule has 3 atom stereocenters. The van der Waals surface area contributed by atoms with Gasteiger partial charge in [0.1, 0.15) is 23.6 Å². The van der Waals surface area contributed by atoms with Crippen molar-refractivity contribution in [3.05, 3.63) is 22.3 Å². The van der Waals surface area contributed by atoms with E-state index in [1.807, 2.05) is 13.8 Å². The van der Waals surface area contributed by atoms with Crippen LogP contribution >= 0.6 is 0 Å². The van der Waals surface area contributed by atoms with Crippen molar-refractivity contribution in [2.75, 3.05) is 6.54 Å². The molecule has 1 aromatic rings. The molecule has 0 saturated heterocycles. The van der Waals surface area contributed by atoms with E-state index in [0.29, 0.717) is 5.75 Å². The number of aliphatic imine (C=N–C) groups is 1. The van der Waals surface area contributed by atoms with Crippen LogP contribution in [0.1, 0.15) is 121 Å². The van der Waals surface area contributed by atoms with Crippen molar-refractivity contribution in [1.29, 1.82) is 0 Å². The van der Waals surface area contributed by atoms with Gasteiger partial charge in [-0.2, -0.15) is 0 Å². The average Bonchev–Trinajstić information content (AvgIpc) is 2.83. The van der Waals surface area contributed by atoms with E-state index in [0.717, 1.165) is 65.0 Å². The first kappa shape index (κ1) is 32.0. The molecule has 2 rings (SSSR count). The lowest BCUT2D eigenvalue weighted by Gasteiger charge is -2.38. The summed E-state index contributed by atoms with van der Waals surface area (Å²) in [5.41, 5.74) is 14.6. The summed E-state index contributed by atoms with van der Waals surface area (Å²) in [5, 5.41) is 0. The smallest absolute Gasteiger partial charge is 0.333 e. The second-order valence-corrected chi connectivity index (χ2v) is 12.6. The molecule has 216 valence electrons. The van der Waals surface area contributed by atoms with Gasteiger partial charge in [0, 0.05) is 5.56 Å². The van der Waals surface area contributed by atoms with Gasteiger partial charge in [-0.05, 0) is 87.8 Å². The predicted molar refractivity (Wildman–Crippen MR) is 159 cm³/mol. The predicted octanol–water partition coefficient (Wildman–Crippen LogP) is 7.31. The van der Waals surface area contributed by atoms with Crippen molar-refractivity contribution in [2.45, 2.75) is 132 Å². The van der Waals surface area contributed by atoms with Gasteiger partial charge < -0.3 is 20.9 Å². The molecule has 1 heterocycles. The van der Waals surface area contributed by atoms with Crippen LogP contribution in [-0.4, -0.2) is 24.1 Å². The number of rotatable bonds is 15. The Bertz CT molecular complexity index is 952. The summed E-state index contributed by atoms with van der Waals surface area (Å²) < 4.78 is 12.4. The second kappa shape index (κ2) is 14.8. The molecule has 1 aliphatic heterocycles. The van der Waals surface area contributed by atoms with E-state index in [4.69, 9.17) is 20.9 Å². The number of carbonyl (C=O) groups is 1. The van der Waals surface area contributed by atoms with Crippen molar-refractivity contribution in [2.24, 2.45) is 34.2 Å². The zero-order valence-electron chi connectivity index (χ0n) is 25.5. The van der Waals surface area contributed by atoms with Gasteiger partial charge in [-0.25, -0.2) is 9.79 Å². The average molecular weight is 530 g/mol. The van der Waals surface area contributed by atoms with Crippen molar-refractivity contribution in [1.82, 2.24) is 0 Å². The van der Waals surface area contributed by atoms with Crippen LogP contribution in [0.25, 0.3) is 0 Å². The van der Waals surface area contributed by atoms with Crippen LogP contribution in [0.2, 0.25) is 0 Å². The molecule has 0 aliphatic carbocycles. The Kier molecular flexibility index (Phi) is 12.4. The summed E-state index contributed by atoms with van der Waals surface area (Å²) in [7, 11) is 0. The van der Waals surface area contributed by atoms with Gasteiger partial charge in [0.25, 0.3) is 0 Å². The Labute approximate surface area is 232 Å². The Morgan fingerprint density at radius 1 is 0.921 bits per heavy atom. The second-order valence-electron chi connectivity index (χ2n) is 12.6. The molecule has 0 aromatic heterocycles. The van der Waals surface area contributed by atoms with Crippen LogP contribution in [0, 0.1) is 38.5 Å².